The summed E-state index contributed by atoms with van der Waals surface area (Å²) in [5.41, 5.74) is 1.17. The van der Waals surface area contributed by atoms with Gasteiger partial charge in [-0.05, 0) is 52.4 Å². The number of rotatable bonds is 5. The molecule has 1 aromatic rings. The standard InChI is InChI=1S/C17H26BrFN2/c1-4-15-9-20-14(7-12(2)3)11-21(15)10-13-5-6-17(19)16(18)8-13/h5-6,8,12,14-15,20H,4,7,9-11H2,1-3H3. The summed E-state index contributed by atoms with van der Waals surface area (Å²) in [5, 5.41) is 3.68. The van der Waals surface area contributed by atoms with Crippen LogP contribution in [0.3, 0.4) is 0 Å². The molecule has 0 amide bonds. The molecule has 2 unspecified atom stereocenters. The van der Waals surface area contributed by atoms with Gasteiger partial charge in [0, 0.05) is 31.7 Å². The Bertz CT molecular complexity index is 464. The maximum absolute atomic E-state index is 13.4. The van der Waals surface area contributed by atoms with E-state index in [1.165, 1.54) is 12.0 Å². The molecule has 1 aliphatic rings. The highest BCUT2D eigenvalue weighted by atomic mass is 79.9. The molecule has 0 aliphatic carbocycles. The minimum absolute atomic E-state index is 0.191. The van der Waals surface area contributed by atoms with E-state index in [0.717, 1.165) is 26.1 Å². The van der Waals surface area contributed by atoms with E-state index in [0.29, 0.717) is 22.5 Å². The lowest BCUT2D eigenvalue weighted by Crippen LogP contribution is -2.56. The molecule has 1 saturated heterocycles. The van der Waals surface area contributed by atoms with Gasteiger partial charge in [0.05, 0.1) is 4.47 Å². The lowest BCUT2D eigenvalue weighted by molar-refractivity contribution is 0.111. The molecule has 1 heterocycles. The minimum Gasteiger partial charge on any atom is -0.311 e. The van der Waals surface area contributed by atoms with Crippen LogP contribution in [0.4, 0.5) is 4.39 Å². The Labute approximate surface area is 136 Å². The largest absolute Gasteiger partial charge is 0.311 e. The first-order valence-corrected chi connectivity index (χ1v) is 8.70. The van der Waals surface area contributed by atoms with Crippen LogP contribution < -0.4 is 5.32 Å². The molecule has 0 radical (unpaired) electrons. The summed E-state index contributed by atoms with van der Waals surface area (Å²) in [5.74, 6) is 0.520. The predicted molar refractivity (Wildman–Crippen MR) is 89.8 cm³/mol. The van der Waals surface area contributed by atoms with E-state index in [1.807, 2.05) is 12.1 Å². The molecule has 0 saturated carbocycles. The molecule has 0 bridgehead atoms. The highest BCUT2D eigenvalue weighted by molar-refractivity contribution is 9.10. The van der Waals surface area contributed by atoms with Gasteiger partial charge in [0.25, 0.3) is 0 Å². The van der Waals surface area contributed by atoms with Crippen LogP contribution in [-0.2, 0) is 6.54 Å². The average molecular weight is 357 g/mol. The number of hydrogen-bond acceptors (Lipinski definition) is 2. The minimum atomic E-state index is -0.191. The second kappa shape index (κ2) is 7.70. The summed E-state index contributed by atoms with van der Waals surface area (Å²) in [6, 6.07) is 6.48. The summed E-state index contributed by atoms with van der Waals surface area (Å²) in [7, 11) is 0. The summed E-state index contributed by atoms with van der Waals surface area (Å²) >= 11 is 3.28. The lowest BCUT2D eigenvalue weighted by atomic mass is 9.98. The fourth-order valence-corrected chi connectivity index (χ4v) is 3.55. The first-order chi connectivity index (χ1) is 9.99. The van der Waals surface area contributed by atoms with Crippen molar-refractivity contribution in [3.63, 3.8) is 0 Å². The molecular formula is C17H26BrFN2. The van der Waals surface area contributed by atoms with Crippen molar-refractivity contribution in [1.29, 1.82) is 0 Å². The topological polar surface area (TPSA) is 15.3 Å². The first kappa shape index (κ1) is 16.9. The van der Waals surface area contributed by atoms with Gasteiger partial charge in [0.15, 0.2) is 0 Å². The van der Waals surface area contributed by atoms with E-state index in [9.17, 15) is 4.39 Å². The van der Waals surface area contributed by atoms with Gasteiger partial charge in [0.2, 0.25) is 0 Å². The van der Waals surface area contributed by atoms with Crippen LogP contribution in [0, 0.1) is 11.7 Å². The van der Waals surface area contributed by atoms with Crippen LogP contribution in [0.5, 0.6) is 0 Å². The zero-order valence-corrected chi connectivity index (χ0v) is 14.8. The monoisotopic (exact) mass is 356 g/mol. The Balaban J connectivity index is 2.04. The van der Waals surface area contributed by atoms with E-state index in [-0.39, 0.29) is 5.82 Å². The van der Waals surface area contributed by atoms with E-state index in [4.69, 9.17) is 0 Å². The average Bonchev–Trinajstić information content (AvgIpc) is 2.43. The van der Waals surface area contributed by atoms with E-state index in [1.54, 1.807) is 6.07 Å². The fraction of sp³-hybridized carbons (Fsp3) is 0.647. The number of nitrogens with zero attached hydrogens (tertiary/aromatic N) is 1. The van der Waals surface area contributed by atoms with Crippen LogP contribution in [0.15, 0.2) is 22.7 Å². The molecular weight excluding hydrogens is 331 g/mol. The summed E-state index contributed by atoms with van der Waals surface area (Å²) in [6.07, 6.45) is 2.35. The summed E-state index contributed by atoms with van der Waals surface area (Å²) in [6.45, 7) is 9.81. The number of halogens is 2. The van der Waals surface area contributed by atoms with Gasteiger partial charge in [-0.2, -0.15) is 0 Å². The molecule has 1 fully saturated rings. The molecule has 2 rings (SSSR count). The van der Waals surface area contributed by atoms with Crippen LogP contribution in [0.25, 0.3) is 0 Å². The van der Waals surface area contributed by atoms with Gasteiger partial charge in [-0.1, -0.05) is 26.8 Å². The van der Waals surface area contributed by atoms with Gasteiger partial charge in [0.1, 0.15) is 5.82 Å². The molecule has 1 aromatic carbocycles. The first-order valence-electron chi connectivity index (χ1n) is 7.91. The third-order valence-corrected chi connectivity index (χ3v) is 4.82. The molecule has 1 aliphatic heterocycles. The van der Waals surface area contributed by atoms with Gasteiger partial charge in [-0.15, -0.1) is 0 Å². The smallest absolute Gasteiger partial charge is 0.137 e. The second-order valence-electron chi connectivity index (χ2n) is 6.47. The van der Waals surface area contributed by atoms with Crippen LogP contribution in [-0.4, -0.2) is 30.1 Å². The summed E-state index contributed by atoms with van der Waals surface area (Å²) < 4.78 is 13.9. The maximum Gasteiger partial charge on any atom is 0.137 e. The van der Waals surface area contributed by atoms with E-state index < -0.39 is 0 Å². The van der Waals surface area contributed by atoms with Gasteiger partial charge in [-0.3, -0.25) is 4.90 Å². The molecule has 4 heteroatoms. The number of piperazine rings is 1. The van der Waals surface area contributed by atoms with Crippen molar-refractivity contribution in [3.05, 3.63) is 34.1 Å². The van der Waals surface area contributed by atoms with Crippen molar-refractivity contribution < 1.29 is 4.39 Å². The Morgan fingerprint density at radius 1 is 1.43 bits per heavy atom. The Morgan fingerprint density at radius 3 is 2.81 bits per heavy atom. The van der Waals surface area contributed by atoms with Crippen molar-refractivity contribution in [2.24, 2.45) is 5.92 Å². The lowest BCUT2D eigenvalue weighted by Gasteiger charge is -2.40. The fourth-order valence-electron chi connectivity index (χ4n) is 3.12. The van der Waals surface area contributed by atoms with Gasteiger partial charge < -0.3 is 5.32 Å². The number of hydrogen-bond donors (Lipinski definition) is 1. The molecule has 21 heavy (non-hydrogen) atoms. The molecule has 2 atom stereocenters. The third kappa shape index (κ3) is 4.76. The zero-order valence-electron chi connectivity index (χ0n) is 13.2. The third-order valence-electron chi connectivity index (χ3n) is 4.21. The van der Waals surface area contributed by atoms with Crippen molar-refractivity contribution in [1.82, 2.24) is 10.2 Å². The van der Waals surface area contributed by atoms with Crippen molar-refractivity contribution in [3.8, 4) is 0 Å². The number of nitrogens with one attached hydrogen (secondary N) is 1. The number of benzene rings is 1. The molecule has 0 aromatic heterocycles. The molecule has 2 nitrogen and oxygen atoms in total. The molecule has 1 N–H and O–H groups in total. The Kier molecular flexibility index (Phi) is 6.20. The predicted octanol–water partition coefficient (Wildman–Crippen LogP) is 4.19. The van der Waals surface area contributed by atoms with Gasteiger partial charge >= 0.3 is 0 Å². The van der Waals surface area contributed by atoms with E-state index in [2.05, 4.69) is 46.9 Å². The van der Waals surface area contributed by atoms with Crippen molar-refractivity contribution >= 4 is 15.9 Å². The van der Waals surface area contributed by atoms with Crippen LogP contribution >= 0.6 is 15.9 Å². The van der Waals surface area contributed by atoms with Crippen LogP contribution in [0.2, 0.25) is 0 Å². The highest BCUT2D eigenvalue weighted by Gasteiger charge is 2.27. The molecule has 118 valence electrons. The Morgan fingerprint density at radius 2 is 2.19 bits per heavy atom. The quantitative estimate of drug-likeness (QED) is 0.850. The highest BCUT2D eigenvalue weighted by Crippen LogP contribution is 2.21. The normalized spacial score (nSPS) is 23.7. The molecule has 0 spiro atoms. The SMILES string of the molecule is CCC1CNC(CC(C)C)CN1Cc1ccc(F)c(Br)c1. The Hall–Kier alpha value is -0.450. The zero-order chi connectivity index (χ0) is 15.4. The van der Waals surface area contributed by atoms with Crippen molar-refractivity contribution in [2.75, 3.05) is 13.1 Å². The van der Waals surface area contributed by atoms with Crippen LogP contribution in [0.1, 0.15) is 39.2 Å². The van der Waals surface area contributed by atoms with Crippen molar-refractivity contribution in [2.45, 2.75) is 52.2 Å². The maximum atomic E-state index is 13.4. The van der Waals surface area contributed by atoms with Gasteiger partial charge in [-0.25, -0.2) is 4.39 Å². The second-order valence-corrected chi connectivity index (χ2v) is 7.33. The summed E-state index contributed by atoms with van der Waals surface area (Å²) in [4.78, 5) is 2.54. The van der Waals surface area contributed by atoms with E-state index >= 15 is 0 Å².